The number of hydrogen-bond donors (Lipinski definition) is 2. The molecule has 0 atom stereocenters. The molecule has 2 N–H and O–H groups in total. The molecule has 10 heteroatoms. The minimum Gasteiger partial charge on any atom is -0.372 e. The number of anilines is 3. The summed E-state index contributed by atoms with van der Waals surface area (Å²) in [6.07, 6.45) is 1.54. The summed E-state index contributed by atoms with van der Waals surface area (Å²) in [6.45, 7) is 9.68. The molecular weight excluding hydrogens is 466 g/mol. The van der Waals surface area contributed by atoms with Gasteiger partial charge >= 0.3 is 0 Å². The van der Waals surface area contributed by atoms with Gasteiger partial charge in [-0.2, -0.15) is 5.10 Å². The Morgan fingerprint density at radius 2 is 1.63 bits per heavy atom. The van der Waals surface area contributed by atoms with Crippen molar-refractivity contribution in [3.63, 3.8) is 0 Å². The zero-order chi connectivity index (χ0) is 25.6. The zero-order valence-electron chi connectivity index (χ0n) is 20.1. The molecule has 184 valence electrons. The van der Waals surface area contributed by atoms with Crippen molar-refractivity contribution in [2.45, 2.75) is 32.6 Å². The molecule has 9 nitrogen and oxygen atoms in total. The molecule has 0 radical (unpaired) electrons. The van der Waals surface area contributed by atoms with E-state index in [1.807, 2.05) is 37.3 Å². The predicted octanol–water partition coefficient (Wildman–Crippen LogP) is 5.30. The maximum Gasteiger partial charge on any atom is 0.295 e. The smallest absolute Gasteiger partial charge is 0.295 e. The Hall–Kier alpha value is -3.92. The highest BCUT2D eigenvalue weighted by Gasteiger charge is 2.22. The summed E-state index contributed by atoms with van der Waals surface area (Å²) in [5, 5.41) is 15.7. The van der Waals surface area contributed by atoms with Gasteiger partial charge in [-0.3, -0.25) is 20.3 Å². The lowest BCUT2D eigenvalue weighted by atomic mass is 10.1. The molecule has 3 aromatic carbocycles. The zero-order valence-corrected chi connectivity index (χ0v) is 21.0. The van der Waals surface area contributed by atoms with Gasteiger partial charge < -0.3 is 4.90 Å². The number of hydrazone groups is 1. The molecule has 3 aromatic rings. The number of nitrogens with one attached hydrogen (secondary N) is 2. The van der Waals surface area contributed by atoms with Crippen LogP contribution in [0, 0.1) is 24.0 Å². The number of nitro benzene ring substituents is 1. The Labute approximate surface area is 205 Å². The fourth-order valence-electron chi connectivity index (χ4n) is 3.59. The topological polar surface area (TPSA) is 117 Å². The van der Waals surface area contributed by atoms with Gasteiger partial charge in [0.15, 0.2) is 0 Å². The first-order valence-electron chi connectivity index (χ1n) is 11.2. The average molecular weight is 496 g/mol. The Bertz CT molecular complexity index is 1330. The predicted molar refractivity (Wildman–Crippen MR) is 141 cm³/mol. The average Bonchev–Trinajstić information content (AvgIpc) is 2.82. The molecule has 0 aliphatic carbocycles. The van der Waals surface area contributed by atoms with Crippen molar-refractivity contribution in [2.75, 3.05) is 28.1 Å². The number of benzene rings is 3. The molecule has 0 saturated heterocycles. The minimum atomic E-state index is -4.03. The highest BCUT2D eigenvalue weighted by molar-refractivity contribution is 7.92. The summed E-state index contributed by atoms with van der Waals surface area (Å²) < 4.78 is 28.2. The summed E-state index contributed by atoms with van der Waals surface area (Å²) in [4.78, 5) is 13.0. The van der Waals surface area contributed by atoms with Crippen molar-refractivity contribution >= 4 is 39.0 Å². The van der Waals surface area contributed by atoms with Crippen LogP contribution in [0.3, 0.4) is 0 Å². The molecule has 0 saturated carbocycles. The second-order valence-corrected chi connectivity index (χ2v) is 9.68. The molecule has 35 heavy (non-hydrogen) atoms. The fraction of sp³-hybridized carbons (Fsp3) is 0.240. The van der Waals surface area contributed by atoms with Crippen molar-refractivity contribution in [1.82, 2.24) is 0 Å². The number of sulfonamides is 1. The molecule has 0 aromatic heterocycles. The quantitative estimate of drug-likeness (QED) is 0.224. The van der Waals surface area contributed by atoms with Crippen LogP contribution >= 0.6 is 0 Å². The van der Waals surface area contributed by atoms with Crippen LogP contribution in [0.15, 0.2) is 70.7 Å². The largest absolute Gasteiger partial charge is 0.372 e. The first kappa shape index (κ1) is 25.7. The van der Waals surface area contributed by atoms with Crippen LogP contribution in [0.5, 0.6) is 0 Å². The molecule has 0 spiro atoms. The Morgan fingerprint density at radius 3 is 2.23 bits per heavy atom. The van der Waals surface area contributed by atoms with Crippen molar-refractivity contribution in [3.8, 4) is 0 Å². The highest BCUT2D eigenvalue weighted by atomic mass is 32.2. The Balaban J connectivity index is 1.79. The first-order chi connectivity index (χ1) is 16.6. The van der Waals surface area contributed by atoms with Crippen molar-refractivity contribution in [2.24, 2.45) is 5.10 Å². The third-order valence-corrected chi connectivity index (χ3v) is 6.89. The second-order valence-electron chi connectivity index (χ2n) is 7.99. The van der Waals surface area contributed by atoms with Gasteiger partial charge in [-0.15, -0.1) is 0 Å². The molecule has 0 aliphatic heterocycles. The minimum absolute atomic E-state index is 0.0801. The maximum atomic E-state index is 12.9. The third kappa shape index (κ3) is 6.36. The summed E-state index contributed by atoms with van der Waals surface area (Å²) in [5.41, 5.74) is 6.40. The number of rotatable bonds is 10. The van der Waals surface area contributed by atoms with Gasteiger partial charge in [0.1, 0.15) is 5.69 Å². The normalized spacial score (nSPS) is 11.4. The van der Waals surface area contributed by atoms with Crippen molar-refractivity contribution in [1.29, 1.82) is 0 Å². The standard InChI is InChI=1S/C25H29N5O4S/c1-5-29(6-2)21-10-8-20(9-11-21)17-26-27-24-14-12-22(16-25(24)30(31)32)35(33,34)28-23-13-7-18(3)15-19(23)4/h7-17,27-28H,5-6H2,1-4H3. The van der Waals surface area contributed by atoms with Crippen molar-refractivity contribution in [3.05, 3.63) is 87.5 Å². The van der Waals surface area contributed by atoms with E-state index in [1.54, 1.807) is 25.3 Å². The van der Waals surface area contributed by atoms with Gasteiger partial charge in [0.25, 0.3) is 15.7 Å². The lowest BCUT2D eigenvalue weighted by Gasteiger charge is -2.20. The maximum absolute atomic E-state index is 12.9. The second kappa shape index (κ2) is 11.0. The van der Waals surface area contributed by atoms with Crippen LogP contribution < -0.4 is 15.0 Å². The van der Waals surface area contributed by atoms with E-state index in [0.717, 1.165) is 41.5 Å². The van der Waals surface area contributed by atoms with Gasteiger partial charge in [0.05, 0.1) is 21.7 Å². The molecule has 0 heterocycles. The number of nitro groups is 1. The summed E-state index contributed by atoms with van der Waals surface area (Å²) in [6, 6.07) is 16.7. The van der Waals surface area contributed by atoms with Crippen LogP contribution in [-0.4, -0.2) is 32.6 Å². The van der Waals surface area contributed by atoms with Gasteiger partial charge in [0, 0.05) is 24.8 Å². The molecule has 0 aliphatic rings. The van der Waals surface area contributed by atoms with E-state index in [1.165, 1.54) is 12.1 Å². The number of nitrogens with zero attached hydrogens (tertiary/aromatic N) is 3. The van der Waals surface area contributed by atoms with E-state index in [9.17, 15) is 18.5 Å². The van der Waals surface area contributed by atoms with E-state index in [-0.39, 0.29) is 10.6 Å². The van der Waals surface area contributed by atoms with Gasteiger partial charge in [-0.25, -0.2) is 8.42 Å². The summed E-state index contributed by atoms with van der Waals surface area (Å²) in [7, 11) is -4.03. The molecule has 0 amide bonds. The Kier molecular flexibility index (Phi) is 8.08. The van der Waals surface area contributed by atoms with Crippen LogP contribution in [0.4, 0.5) is 22.7 Å². The van der Waals surface area contributed by atoms with E-state index < -0.39 is 20.6 Å². The van der Waals surface area contributed by atoms with Crippen molar-refractivity contribution < 1.29 is 13.3 Å². The van der Waals surface area contributed by atoms with Gasteiger partial charge in [-0.1, -0.05) is 29.8 Å². The van der Waals surface area contributed by atoms with E-state index in [0.29, 0.717) is 5.69 Å². The molecule has 0 fully saturated rings. The van der Waals surface area contributed by atoms with Gasteiger partial charge in [-0.05, 0) is 69.2 Å². The number of aryl methyl sites for hydroxylation is 2. The molecule has 0 bridgehead atoms. The van der Waals surface area contributed by atoms with E-state index >= 15 is 0 Å². The monoisotopic (exact) mass is 495 g/mol. The fourth-order valence-corrected chi connectivity index (χ4v) is 4.74. The summed E-state index contributed by atoms with van der Waals surface area (Å²) >= 11 is 0. The molecule has 3 rings (SSSR count). The third-order valence-electron chi connectivity index (χ3n) is 5.52. The SMILES string of the molecule is CCN(CC)c1ccc(C=NNc2ccc(S(=O)(=O)Nc3ccc(C)cc3C)cc2[N+](=O)[O-])cc1. The number of hydrogen-bond acceptors (Lipinski definition) is 7. The molecular formula is C25H29N5O4S. The summed E-state index contributed by atoms with van der Waals surface area (Å²) in [5.74, 6) is 0. The first-order valence-corrected chi connectivity index (χ1v) is 12.7. The lowest BCUT2D eigenvalue weighted by Crippen LogP contribution is -2.21. The molecule has 0 unspecified atom stereocenters. The van der Waals surface area contributed by atoms with Crippen LogP contribution in [0.2, 0.25) is 0 Å². The van der Waals surface area contributed by atoms with Crippen LogP contribution in [0.25, 0.3) is 0 Å². The Morgan fingerprint density at radius 1 is 0.971 bits per heavy atom. The van der Waals surface area contributed by atoms with Gasteiger partial charge in [0.2, 0.25) is 0 Å². The lowest BCUT2D eigenvalue weighted by molar-refractivity contribution is -0.384. The van der Waals surface area contributed by atoms with E-state index in [4.69, 9.17) is 0 Å². The van der Waals surface area contributed by atoms with Crippen LogP contribution in [0.1, 0.15) is 30.5 Å². The highest BCUT2D eigenvalue weighted by Crippen LogP contribution is 2.29. The van der Waals surface area contributed by atoms with E-state index in [2.05, 4.69) is 34.0 Å². The van der Waals surface area contributed by atoms with Crippen LogP contribution in [-0.2, 0) is 10.0 Å².